The largest absolute Gasteiger partial charge is 0.352 e. The Morgan fingerprint density at radius 3 is 2.44 bits per heavy atom. The number of nitrogens with one attached hydrogen (secondary N) is 1. The van der Waals surface area contributed by atoms with Gasteiger partial charge in [0.2, 0.25) is 5.91 Å². The number of carbonyl (C=O) groups excluding carboxylic acids is 1. The third-order valence-corrected chi connectivity index (χ3v) is 4.84. The number of hydrogen-bond acceptors (Lipinski definition) is 3. The summed E-state index contributed by atoms with van der Waals surface area (Å²) in [5, 5.41) is 7.52. The number of benzene rings is 1. The van der Waals surface area contributed by atoms with E-state index in [-0.39, 0.29) is 17.5 Å². The maximum atomic E-state index is 12.6. The Kier molecular flexibility index (Phi) is 5.64. The van der Waals surface area contributed by atoms with Gasteiger partial charge in [-0.15, -0.1) is 0 Å². The minimum Gasteiger partial charge on any atom is -0.352 e. The number of aromatic nitrogens is 2. The van der Waals surface area contributed by atoms with Crippen LogP contribution in [0.5, 0.6) is 0 Å². The lowest BCUT2D eigenvalue weighted by molar-refractivity contribution is -0.125. The van der Waals surface area contributed by atoms with Gasteiger partial charge in [-0.3, -0.25) is 9.59 Å². The third-order valence-electron chi connectivity index (χ3n) is 4.84. The van der Waals surface area contributed by atoms with Crippen molar-refractivity contribution in [3.8, 4) is 11.3 Å². The molecule has 1 aliphatic carbocycles. The van der Waals surface area contributed by atoms with Gasteiger partial charge < -0.3 is 5.32 Å². The molecule has 0 saturated heterocycles. The molecular formula is C20H25N3O2. The Labute approximate surface area is 148 Å². The molecule has 132 valence electrons. The molecular weight excluding hydrogens is 314 g/mol. The maximum Gasteiger partial charge on any atom is 0.267 e. The minimum absolute atomic E-state index is 0.133. The average Bonchev–Trinajstić information content (AvgIpc) is 2.91. The molecule has 0 bridgehead atoms. The van der Waals surface area contributed by atoms with E-state index < -0.39 is 6.04 Å². The molecule has 0 aliphatic heterocycles. The summed E-state index contributed by atoms with van der Waals surface area (Å²) in [7, 11) is 0. The van der Waals surface area contributed by atoms with Crippen molar-refractivity contribution >= 4 is 5.91 Å². The van der Waals surface area contributed by atoms with Gasteiger partial charge in [-0.05, 0) is 25.8 Å². The summed E-state index contributed by atoms with van der Waals surface area (Å²) in [6, 6.07) is 12.4. The third kappa shape index (κ3) is 4.35. The molecule has 3 rings (SSSR count). The molecule has 1 aromatic carbocycles. The first-order chi connectivity index (χ1) is 12.1. The van der Waals surface area contributed by atoms with Crippen molar-refractivity contribution in [1.82, 2.24) is 15.1 Å². The van der Waals surface area contributed by atoms with E-state index in [1.807, 2.05) is 30.3 Å². The van der Waals surface area contributed by atoms with Gasteiger partial charge in [-0.2, -0.15) is 5.10 Å². The zero-order valence-electron chi connectivity index (χ0n) is 14.6. The van der Waals surface area contributed by atoms with Crippen LogP contribution >= 0.6 is 0 Å². The lowest BCUT2D eigenvalue weighted by Crippen LogP contribution is -2.41. The van der Waals surface area contributed by atoms with Crippen LogP contribution in [0.25, 0.3) is 11.3 Å². The van der Waals surface area contributed by atoms with Crippen LogP contribution in [0.4, 0.5) is 0 Å². The summed E-state index contributed by atoms with van der Waals surface area (Å²) in [5.74, 6) is -0.133. The standard InChI is InChI=1S/C20H25N3O2/c1-15(20(25)21-17-11-7-2-3-8-12-17)23-19(24)14-13-18(22-23)16-9-5-4-6-10-16/h4-6,9-10,13-15,17H,2-3,7-8,11-12H2,1H3,(H,21,25). The van der Waals surface area contributed by atoms with Gasteiger partial charge in [0.1, 0.15) is 6.04 Å². The van der Waals surface area contributed by atoms with E-state index in [2.05, 4.69) is 10.4 Å². The van der Waals surface area contributed by atoms with Crippen LogP contribution in [0.2, 0.25) is 0 Å². The van der Waals surface area contributed by atoms with Crippen LogP contribution in [0.3, 0.4) is 0 Å². The van der Waals surface area contributed by atoms with Crippen LogP contribution < -0.4 is 10.9 Å². The van der Waals surface area contributed by atoms with Crippen LogP contribution in [0.15, 0.2) is 47.3 Å². The highest BCUT2D eigenvalue weighted by molar-refractivity contribution is 5.80. The first-order valence-corrected chi connectivity index (χ1v) is 9.11. The second kappa shape index (κ2) is 8.10. The highest BCUT2D eigenvalue weighted by Crippen LogP contribution is 2.18. The van der Waals surface area contributed by atoms with Crippen LogP contribution in [0, 0.1) is 0 Å². The van der Waals surface area contributed by atoms with E-state index in [9.17, 15) is 9.59 Å². The van der Waals surface area contributed by atoms with E-state index >= 15 is 0 Å². The molecule has 5 heteroatoms. The summed E-state index contributed by atoms with van der Waals surface area (Å²) in [4.78, 5) is 24.8. The summed E-state index contributed by atoms with van der Waals surface area (Å²) in [5.41, 5.74) is 1.35. The van der Waals surface area contributed by atoms with Gasteiger partial charge in [0.05, 0.1) is 5.69 Å². The molecule has 5 nitrogen and oxygen atoms in total. The summed E-state index contributed by atoms with van der Waals surface area (Å²) >= 11 is 0. The normalized spacial score (nSPS) is 16.8. The molecule has 1 saturated carbocycles. The topological polar surface area (TPSA) is 64.0 Å². The van der Waals surface area contributed by atoms with E-state index in [0.29, 0.717) is 5.69 Å². The number of carbonyl (C=O) groups is 1. The van der Waals surface area contributed by atoms with Crippen molar-refractivity contribution in [2.24, 2.45) is 0 Å². The van der Waals surface area contributed by atoms with Crippen molar-refractivity contribution in [2.75, 3.05) is 0 Å². The number of rotatable bonds is 4. The molecule has 25 heavy (non-hydrogen) atoms. The van der Waals surface area contributed by atoms with Gasteiger partial charge in [0.15, 0.2) is 0 Å². The first kappa shape index (κ1) is 17.4. The zero-order valence-corrected chi connectivity index (χ0v) is 14.6. The summed E-state index contributed by atoms with van der Waals surface area (Å²) in [6.07, 6.45) is 6.82. The van der Waals surface area contributed by atoms with Gasteiger partial charge in [-0.1, -0.05) is 56.0 Å². The molecule has 2 aromatic rings. The fourth-order valence-electron chi connectivity index (χ4n) is 3.32. The van der Waals surface area contributed by atoms with Crippen LogP contribution in [0.1, 0.15) is 51.5 Å². The Balaban J connectivity index is 1.77. The molecule has 1 amide bonds. The second-order valence-electron chi connectivity index (χ2n) is 6.74. The molecule has 0 spiro atoms. The van der Waals surface area contributed by atoms with Crippen molar-refractivity contribution in [2.45, 2.75) is 57.5 Å². The molecule has 1 aromatic heterocycles. The lowest BCUT2D eigenvalue weighted by Gasteiger charge is -2.20. The quantitative estimate of drug-likeness (QED) is 0.869. The van der Waals surface area contributed by atoms with E-state index in [1.165, 1.54) is 23.6 Å². The predicted molar refractivity (Wildman–Crippen MR) is 98.3 cm³/mol. The van der Waals surface area contributed by atoms with Crippen molar-refractivity contribution < 1.29 is 4.79 Å². The van der Waals surface area contributed by atoms with E-state index in [0.717, 1.165) is 31.2 Å². The van der Waals surface area contributed by atoms with Crippen molar-refractivity contribution in [1.29, 1.82) is 0 Å². The molecule has 1 atom stereocenters. The number of hydrogen-bond donors (Lipinski definition) is 1. The fraction of sp³-hybridized carbons (Fsp3) is 0.450. The van der Waals surface area contributed by atoms with Gasteiger partial charge >= 0.3 is 0 Å². The SMILES string of the molecule is CC(C(=O)NC1CCCCCC1)n1nc(-c2ccccc2)ccc1=O. The fourth-order valence-corrected chi connectivity index (χ4v) is 3.32. The van der Waals surface area contributed by atoms with E-state index in [4.69, 9.17) is 0 Å². The average molecular weight is 339 g/mol. The Morgan fingerprint density at radius 1 is 1.08 bits per heavy atom. The highest BCUT2D eigenvalue weighted by atomic mass is 16.2. The molecule has 1 heterocycles. The Morgan fingerprint density at radius 2 is 1.76 bits per heavy atom. The van der Waals surface area contributed by atoms with Crippen LogP contribution in [-0.2, 0) is 4.79 Å². The van der Waals surface area contributed by atoms with Gasteiger partial charge in [0, 0.05) is 17.7 Å². The van der Waals surface area contributed by atoms with E-state index in [1.54, 1.807) is 13.0 Å². The van der Waals surface area contributed by atoms with Crippen molar-refractivity contribution in [3.63, 3.8) is 0 Å². The van der Waals surface area contributed by atoms with Gasteiger partial charge in [0.25, 0.3) is 5.56 Å². The predicted octanol–water partition coefficient (Wildman–Crippen LogP) is 3.31. The van der Waals surface area contributed by atoms with Crippen molar-refractivity contribution in [3.05, 3.63) is 52.8 Å². The minimum atomic E-state index is -0.626. The summed E-state index contributed by atoms with van der Waals surface area (Å²) < 4.78 is 1.29. The summed E-state index contributed by atoms with van der Waals surface area (Å²) in [6.45, 7) is 1.73. The number of nitrogens with zero attached hydrogens (tertiary/aromatic N) is 2. The zero-order chi connectivity index (χ0) is 17.6. The monoisotopic (exact) mass is 339 g/mol. The smallest absolute Gasteiger partial charge is 0.267 e. The number of amides is 1. The Hall–Kier alpha value is -2.43. The molecule has 1 unspecified atom stereocenters. The van der Waals surface area contributed by atoms with Gasteiger partial charge in [-0.25, -0.2) is 4.68 Å². The first-order valence-electron chi connectivity index (χ1n) is 9.11. The molecule has 1 fully saturated rings. The second-order valence-corrected chi connectivity index (χ2v) is 6.74. The lowest BCUT2D eigenvalue weighted by atomic mass is 10.1. The molecule has 1 N–H and O–H groups in total. The van der Waals surface area contributed by atoms with Crippen LogP contribution in [-0.4, -0.2) is 21.7 Å². The molecule has 0 radical (unpaired) electrons. The maximum absolute atomic E-state index is 12.6. The highest BCUT2D eigenvalue weighted by Gasteiger charge is 2.21. The molecule has 1 aliphatic rings. The Bertz CT molecular complexity index is 762.